The normalized spacial score (nSPS) is 27.2. The van der Waals surface area contributed by atoms with Crippen molar-refractivity contribution < 1.29 is 0 Å². The second-order valence-electron chi connectivity index (χ2n) is 5.25. The molecule has 0 aromatic rings. The maximum Gasteiger partial charge on any atom is 0.0192 e. The van der Waals surface area contributed by atoms with E-state index in [1.54, 1.807) is 0 Å². The predicted octanol–water partition coefficient (Wildman–Crippen LogP) is 2.29. The first-order chi connectivity index (χ1) is 7.04. The molecule has 15 heavy (non-hydrogen) atoms. The molecule has 1 saturated heterocycles. The third kappa shape index (κ3) is 4.04. The van der Waals surface area contributed by atoms with Crippen molar-refractivity contribution in [2.45, 2.75) is 26.8 Å². The topological polar surface area (TPSA) is 6.48 Å². The van der Waals surface area contributed by atoms with Crippen molar-refractivity contribution in [1.29, 1.82) is 0 Å². The van der Waals surface area contributed by atoms with Gasteiger partial charge in [0.05, 0.1) is 0 Å². The molecule has 1 fully saturated rings. The third-order valence-corrected chi connectivity index (χ3v) is 4.51. The van der Waals surface area contributed by atoms with E-state index >= 15 is 0 Å². The molecule has 0 aromatic heterocycles. The smallest absolute Gasteiger partial charge is 0.0192 e. The van der Waals surface area contributed by atoms with Crippen molar-refractivity contribution in [3.05, 3.63) is 0 Å². The molecule has 1 aliphatic heterocycles. The van der Waals surface area contributed by atoms with Gasteiger partial charge in [0.25, 0.3) is 0 Å². The van der Waals surface area contributed by atoms with E-state index in [1.165, 1.54) is 26.2 Å². The summed E-state index contributed by atoms with van der Waals surface area (Å²) in [6, 6.07) is 0.710. The lowest BCUT2D eigenvalue weighted by Crippen LogP contribution is -2.51. The quantitative estimate of drug-likeness (QED) is 0.727. The first-order valence-electron chi connectivity index (χ1n) is 6.03. The van der Waals surface area contributed by atoms with E-state index in [0.717, 1.165) is 17.2 Å². The van der Waals surface area contributed by atoms with Crippen LogP contribution in [0.25, 0.3) is 0 Å². The summed E-state index contributed by atoms with van der Waals surface area (Å²) in [6.45, 7) is 11.9. The molecule has 0 aromatic carbocycles. The Bertz CT molecular complexity index is 184. The Labute approximate surface area is 103 Å². The summed E-state index contributed by atoms with van der Waals surface area (Å²) >= 11 is 3.63. The molecule has 0 amide bonds. The van der Waals surface area contributed by atoms with E-state index in [-0.39, 0.29) is 0 Å². The highest BCUT2D eigenvalue weighted by molar-refractivity contribution is 9.09. The minimum absolute atomic E-state index is 0.710. The maximum absolute atomic E-state index is 3.63. The van der Waals surface area contributed by atoms with E-state index in [1.807, 2.05) is 0 Å². The average Bonchev–Trinajstić information content (AvgIpc) is 2.19. The van der Waals surface area contributed by atoms with Crippen LogP contribution in [-0.4, -0.2) is 54.4 Å². The molecule has 1 heterocycles. The molecule has 2 unspecified atom stereocenters. The highest BCUT2D eigenvalue weighted by Crippen LogP contribution is 2.17. The van der Waals surface area contributed by atoms with Gasteiger partial charge >= 0.3 is 0 Å². The molecule has 2 atom stereocenters. The van der Waals surface area contributed by atoms with Gasteiger partial charge in [0.2, 0.25) is 0 Å². The molecule has 2 nitrogen and oxygen atoms in total. The van der Waals surface area contributed by atoms with Crippen LogP contribution in [0.5, 0.6) is 0 Å². The van der Waals surface area contributed by atoms with Crippen LogP contribution in [0, 0.1) is 11.8 Å². The highest BCUT2D eigenvalue weighted by atomic mass is 79.9. The molecule has 0 radical (unpaired) electrons. The van der Waals surface area contributed by atoms with Crippen LogP contribution < -0.4 is 0 Å². The molecule has 1 rings (SSSR count). The Morgan fingerprint density at radius 3 is 2.47 bits per heavy atom. The number of piperazine rings is 1. The molecule has 0 saturated carbocycles. The van der Waals surface area contributed by atoms with Crippen LogP contribution in [0.4, 0.5) is 0 Å². The molecular weight excluding hydrogens is 252 g/mol. The number of nitrogens with zero attached hydrogens (tertiary/aromatic N) is 2. The lowest BCUT2D eigenvalue weighted by Gasteiger charge is -2.39. The van der Waals surface area contributed by atoms with Gasteiger partial charge in [-0.3, -0.25) is 0 Å². The van der Waals surface area contributed by atoms with E-state index < -0.39 is 0 Å². The van der Waals surface area contributed by atoms with Crippen molar-refractivity contribution in [3.8, 4) is 0 Å². The number of hydrogen-bond donors (Lipinski definition) is 0. The molecule has 90 valence electrons. The summed E-state index contributed by atoms with van der Waals surface area (Å²) in [5, 5.41) is 1.13. The highest BCUT2D eigenvalue weighted by Gasteiger charge is 2.23. The van der Waals surface area contributed by atoms with Gasteiger partial charge in [0.1, 0.15) is 0 Å². The lowest BCUT2D eigenvalue weighted by atomic mass is 9.97. The summed E-state index contributed by atoms with van der Waals surface area (Å²) in [5.41, 5.74) is 0. The Morgan fingerprint density at radius 1 is 1.33 bits per heavy atom. The summed E-state index contributed by atoms with van der Waals surface area (Å²) in [5.74, 6) is 1.57. The van der Waals surface area contributed by atoms with Crippen molar-refractivity contribution in [3.63, 3.8) is 0 Å². The first kappa shape index (κ1) is 13.5. The average molecular weight is 277 g/mol. The Hall–Kier alpha value is 0.400. The minimum atomic E-state index is 0.710. The molecule has 0 bridgehead atoms. The SMILES string of the molecule is CC(C)C(CBr)CN1CCN(C)C(C)C1. The number of hydrogen-bond acceptors (Lipinski definition) is 2. The van der Waals surface area contributed by atoms with Crippen LogP contribution in [0.2, 0.25) is 0 Å². The Balaban J connectivity index is 2.38. The minimum Gasteiger partial charge on any atom is -0.301 e. The molecule has 3 heteroatoms. The van der Waals surface area contributed by atoms with Gasteiger partial charge < -0.3 is 9.80 Å². The van der Waals surface area contributed by atoms with Crippen LogP contribution in [-0.2, 0) is 0 Å². The van der Waals surface area contributed by atoms with Gasteiger partial charge in [0.15, 0.2) is 0 Å². The second-order valence-corrected chi connectivity index (χ2v) is 5.90. The lowest BCUT2D eigenvalue weighted by molar-refractivity contribution is 0.0889. The van der Waals surface area contributed by atoms with E-state index in [2.05, 4.69) is 53.5 Å². The fraction of sp³-hybridized carbons (Fsp3) is 1.00. The van der Waals surface area contributed by atoms with Crippen LogP contribution in [0.3, 0.4) is 0 Å². The fourth-order valence-corrected chi connectivity index (χ4v) is 3.01. The van der Waals surface area contributed by atoms with Gasteiger partial charge in [-0.05, 0) is 25.8 Å². The van der Waals surface area contributed by atoms with E-state index in [9.17, 15) is 0 Å². The summed E-state index contributed by atoms with van der Waals surface area (Å²) in [7, 11) is 2.23. The number of halogens is 1. The fourth-order valence-electron chi connectivity index (χ4n) is 2.06. The Morgan fingerprint density at radius 2 is 2.00 bits per heavy atom. The predicted molar refractivity (Wildman–Crippen MR) is 70.7 cm³/mol. The third-order valence-electron chi connectivity index (χ3n) is 3.68. The zero-order valence-corrected chi connectivity index (χ0v) is 12.1. The molecular formula is C12H25BrN2. The Kier molecular flexibility index (Phi) is 5.58. The summed E-state index contributed by atoms with van der Waals surface area (Å²) in [6.07, 6.45) is 0. The van der Waals surface area contributed by atoms with Gasteiger partial charge in [-0.2, -0.15) is 0 Å². The zero-order valence-electron chi connectivity index (χ0n) is 10.5. The number of rotatable bonds is 4. The monoisotopic (exact) mass is 276 g/mol. The van der Waals surface area contributed by atoms with Crippen LogP contribution in [0.15, 0.2) is 0 Å². The number of alkyl halides is 1. The molecule has 0 spiro atoms. The zero-order chi connectivity index (χ0) is 11.4. The maximum atomic E-state index is 3.63. The van der Waals surface area contributed by atoms with Gasteiger partial charge in [-0.1, -0.05) is 29.8 Å². The first-order valence-corrected chi connectivity index (χ1v) is 7.15. The van der Waals surface area contributed by atoms with Crippen LogP contribution >= 0.6 is 15.9 Å². The van der Waals surface area contributed by atoms with Crippen molar-refractivity contribution in [2.24, 2.45) is 11.8 Å². The summed E-state index contributed by atoms with van der Waals surface area (Å²) < 4.78 is 0. The second kappa shape index (κ2) is 6.21. The van der Waals surface area contributed by atoms with Gasteiger partial charge in [0, 0.05) is 37.6 Å². The van der Waals surface area contributed by atoms with Crippen LogP contribution in [0.1, 0.15) is 20.8 Å². The molecule has 0 aliphatic carbocycles. The largest absolute Gasteiger partial charge is 0.301 e. The van der Waals surface area contributed by atoms with E-state index in [4.69, 9.17) is 0 Å². The van der Waals surface area contributed by atoms with Crippen molar-refractivity contribution >= 4 is 15.9 Å². The van der Waals surface area contributed by atoms with Gasteiger partial charge in [-0.15, -0.1) is 0 Å². The molecule has 0 N–H and O–H groups in total. The number of likely N-dealkylation sites (N-methyl/N-ethyl adjacent to an activating group) is 1. The van der Waals surface area contributed by atoms with Crippen molar-refractivity contribution in [1.82, 2.24) is 9.80 Å². The standard InChI is InChI=1S/C12H25BrN2/c1-10(2)12(7-13)9-15-6-5-14(4)11(3)8-15/h10-12H,5-9H2,1-4H3. The summed E-state index contributed by atoms with van der Waals surface area (Å²) in [4.78, 5) is 5.08. The molecule has 1 aliphatic rings. The van der Waals surface area contributed by atoms with Crippen molar-refractivity contribution in [2.75, 3.05) is 38.6 Å². The van der Waals surface area contributed by atoms with E-state index in [0.29, 0.717) is 6.04 Å². The van der Waals surface area contributed by atoms with Gasteiger partial charge in [-0.25, -0.2) is 0 Å².